The molecule has 0 spiro atoms. The van der Waals surface area contributed by atoms with Crippen LogP contribution in [0.2, 0.25) is 0 Å². The van der Waals surface area contributed by atoms with Crippen molar-refractivity contribution >= 4 is 0 Å². The van der Waals surface area contributed by atoms with Gasteiger partial charge in [0.15, 0.2) is 0 Å². The molecular formula is C9H14O. The second-order valence-electron chi connectivity index (χ2n) is 2.17. The lowest BCUT2D eigenvalue weighted by Crippen LogP contribution is -1.75. The summed E-state index contributed by atoms with van der Waals surface area (Å²) in [5.41, 5.74) is 0.990. The predicted octanol–water partition coefficient (Wildman–Crippen LogP) is 3.02. The van der Waals surface area contributed by atoms with Crippen molar-refractivity contribution in [2.24, 2.45) is 0 Å². The Bertz CT molecular complexity index is 164. The van der Waals surface area contributed by atoms with E-state index in [1.54, 1.807) is 6.26 Å². The Morgan fingerprint density at radius 2 is 2.00 bits per heavy atom. The van der Waals surface area contributed by atoms with Gasteiger partial charge in [0, 0.05) is 0 Å². The van der Waals surface area contributed by atoms with Crippen LogP contribution in [0.1, 0.15) is 20.8 Å². The first-order valence-corrected chi connectivity index (χ1v) is 3.28. The lowest BCUT2D eigenvalue weighted by molar-refractivity contribution is 0.352. The summed E-state index contributed by atoms with van der Waals surface area (Å²) in [6.45, 7) is 9.45. The van der Waals surface area contributed by atoms with Crippen LogP contribution in [0.3, 0.4) is 0 Å². The fourth-order valence-corrected chi connectivity index (χ4v) is 0.326. The molecule has 0 aromatic heterocycles. The zero-order chi connectivity index (χ0) is 7.98. The van der Waals surface area contributed by atoms with Crippen LogP contribution in [0.5, 0.6) is 0 Å². The molecule has 0 saturated carbocycles. The van der Waals surface area contributed by atoms with Crippen molar-refractivity contribution in [3.8, 4) is 0 Å². The van der Waals surface area contributed by atoms with Gasteiger partial charge in [-0.15, -0.1) is 0 Å². The minimum atomic E-state index is 0.900. The molecule has 0 rings (SSSR count). The molecule has 0 N–H and O–H groups in total. The van der Waals surface area contributed by atoms with Crippen molar-refractivity contribution in [2.45, 2.75) is 20.8 Å². The van der Waals surface area contributed by atoms with E-state index in [4.69, 9.17) is 4.74 Å². The maximum absolute atomic E-state index is 5.12. The average molecular weight is 138 g/mol. The first kappa shape index (κ1) is 9.02. The molecule has 0 unspecified atom stereocenters. The van der Waals surface area contributed by atoms with Crippen molar-refractivity contribution in [1.29, 1.82) is 0 Å². The van der Waals surface area contributed by atoms with E-state index < -0.39 is 0 Å². The summed E-state index contributed by atoms with van der Waals surface area (Å²) in [5, 5.41) is 0. The third kappa shape index (κ3) is 5.16. The molecule has 56 valence electrons. The second kappa shape index (κ2) is 4.86. The molecule has 0 aliphatic rings. The Labute approximate surface area is 62.7 Å². The Kier molecular flexibility index (Phi) is 4.38. The molecule has 0 heterocycles. The fourth-order valence-electron chi connectivity index (χ4n) is 0.326. The number of rotatable bonds is 3. The van der Waals surface area contributed by atoms with E-state index in [9.17, 15) is 0 Å². The zero-order valence-electron chi connectivity index (χ0n) is 6.85. The first-order chi connectivity index (χ1) is 4.66. The topological polar surface area (TPSA) is 9.23 Å². The fraction of sp³-hybridized carbons (Fsp3) is 0.333. The Hall–Kier alpha value is -0.980. The molecule has 0 aromatic rings. The SMILES string of the molecule is C=C(C)C=COC(C)=CC. The number of ether oxygens (including phenoxy) is 1. The van der Waals surface area contributed by atoms with Crippen molar-refractivity contribution in [1.82, 2.24) is 0 Å². The van der Waals surface area contributed by atoms with Crippen LogP contribution in [0, 0.1) is 0 Å². The van der Waals surface area contributed by atoms with Gasteiger partial charge in [-0.25, -0.2) is 0 Å². The molecule has 0 radical (unpaired) electrons. The van der Waals surface area contributed by atoms with Crippen molar-refractivity contribution in [2.75, 3.05) is 0 Å². The van der Waals surface area contributed by atoms with Gasteiger partial charge in [0.05, 0.1) is 12.0 Å². The van der Waals surface area contributed by atoms with Crippen LogP contribution >= 0.6 is 0 Å². The molecule has 0 bridgehead atoms. The molecule has 0 aromatic carbocycles. The normalized spacial score (nSPS) is 12.1. The molecule has 0 atom stereocenters. The standard InChI is InChI=1S/C9H14O/c1-5-9(4)10-7-6-8(2)3/h5-7H,2H2,1,3-4H3. The van der Waals surface area contributed by atoms with Crippen LogP contribution in [-0.4, -0.2) is 0 Å². The Balaban J connectivity index is 3.64. The van der Waals surface area contributed by atoms with Crippen LogP contribution in [0.4, 0.5) is 0 Å². The highest BCUT2D eigenvalue weighted by Crippen LogP contribution is 1.97. The Morgan fingerprint density at radius 3 is 2.40 bits per heavy atom. The minimum absolute atomic E-state index is 0.900. The van der Waals surface area contributed by atoms with Gasteiger partial charge >= 0.3 is 0 Å². The van der Waals surface area contributed by atoms with Gasteiger partial charge in [-0.3, -0.25) is 0 Å². The van der Waals surface area contributed by atoms with E-state index in [-0.39, 0.29) is 0 Å². The summed E-state index contributed by atoms with van der Waals surface area (Å²) < 4.78 is 5.12. The van der Waals surface area contributed by atoms with Crippen LogP contribution < -0.4 is 0 Å². The van der Waals surface area contributed by atoms with Crippen LogP contribution in [0.25, 0.3) is 0 Å². The van der Waals surface area contributed by atoms with E-state index >= 15 is 0 Å². The maximum Gasteiger partial charge on any atom is 0.0958 e. The smallest absolute Gasteiger partial charge is 0.0958 e. The van der Waals surface area contributed by atoms with Gasteiger partial charge in [0.25, 0.3) is 0 Å². The summed E-state index contributed by atoms with van der Waals surface area (Å²) in [7, 11) is 0. The largest absolute Gasteiger partial charge is 0.470 e. The molecule has 0 aliphatic carbocycles. The van der Waals surface area contributed by atoms with Crippen LogP contribution in [0.15, 0.2) is 36.3 Å². The summed E-state index contributed by atoms with van der Waals surface area (Å²) in [4.78, 5) is 0. The van der Waals surface area contributed by atoms with E-state index in [1.807, 2.05) is 32.9 Å². The summed E-state index contributed by atoms with van der Waals surface area (Å²) >= 11 is 0. The molecule has 1 heteroatoms. The molecule has 10 heavy (non-hydrogen) atoms. The number of allylic oxidation sites excluding steroid dienone is 4. The quantitative estimate of drug-likeness (QED) is 0.430. The van der Waals surface area contributed by atoms with Gasteiger partial charge in [-0.1, -0.05) is 12.2 Å². The second-order valence-corrected chi connectivity index (χ2v) is 2.17. The van der Waals surface area contributed by atoms with Gasteiger partial charge in [-0.05, 0) is 32.9 Å². The minimum Gasteiger partial charge on any atom is -0.470 e. The van der Waals surface area contributed by atoms with Gasteiger partial charge in [0.2, 0.25) is 0 Å². The monoisotopic (exact) mass is 138 g/mol. The zero-order valence-corrected chi connectivity index (χ0v) is 6.85. The predicted molar refractivity (Wildman–Crippen MR) is 44.5 cm³/mol. The van der Waals surface area contributed by atoms with E-state index in [0.29, 0.717) is 0 Å². The molecule has 0 fully saturated rings. The van der Waals surface area contributed by atoms with E-state index in [1.165, 1.54) is 0 Å². The molecular weight excluding hydrogens is 124 g/mol. The van der Waals surface area contributed by atoms with Crippen molar-refractivity contribution in [3.05, 3.63) is 36.3 Å². The highest BCUT2D eigenvalue weighted by atomic mass is 16.5. The highest BCUT2D eigenvalue weighted by molar-refractivity contribution is 5.09. The van der Waals surface area contributed by atoms with E-state index in [2.05, 4.69) is 6.58 Å². The van der Waals surface area contributed by atoms with Gasteiger partial charge in [-0.2, -0.15) is 0 Å². The molecule has 0 aliphatic heterocycles. The third-order valence-electron chi connectivity index (χ3n) is 1.01. The van der Waals surface area contributed by atoms with Crippen molar-refractivity contribution < 1.29 is 4.74 Å². The maximum atomic E-state index is 5.12. The number of hydrogen-bond acceptors (Lipinski definition) is 1. The van der Waals surface area contributed by atoms with Gasteiger partial charge < -0.3 is 4.74 Å². The Morgan fingerprint density at radius 1 is 1.40 bits per heavy atom. The first-order valence-electron chi connectivity index (χ1n) is 3.28. The summed E-state index contributed by atoms with van der Waals surface area (Å²) in [6, 6.07) is 0. The molecule has 1 nitrogen and oxygen atoms in total. The molecule has 0 amide bonds. The van der Waals surface area contributed by atoms with Gasteiger partial charge in [0.1, 0.15) is 0 Å². The number of hydrogen-bond donors (Lipinski definition) is 0. The third-order valence-corrected chi connectivity index (χ3v) is 1.01. The summed E-state index contributed by atoms with van der Waals surface area (Å²) in [5.74, 6) is 0.900. The lowest BCUT2D eigenvalue weighted by Gasteiger charge is -1.96. The lowest BCUT2D eigenvalue weighted by atomic mass is 10.3. The highest BCUT2D eigenvalue weighted by Gasteiger charge is 1.79. The average Bonchev–Trinajstić information content (AvgIpc) is 1.87. The summed E-state index contributed by atoms with van der Waals surface area (Å²) in [6.07, 6.45) is 5.37. The van der Waals surface area contributed by atoms with Crippen molar-refractivity contribution in [3.63, 3.8) is 0 Å². The molecule has 0 saturated heterocycles. The van der Waals surface area contributed by atoms with E-state index in [0.717, 1.165) is 11.3 Å². The van der Waals surface area contributed by atoms with Crippen LogP contribution in [-0.2, 0) is 4.74 Å².